The molecule has 0 radical (unpaired) electrons. The Kier molecular flexibility index (Phi) is 6.02. The van der Waals surface area contributed by atoms with Gasteiger partial charge in [0.15, 0.2) is 0 Å². The van der Waals surface area contributed by atoms with E-state index in [9.17, 15) is 9.90 Å². The van der Waals surface area contributed by atoms with Crippen LogP contribution in [-0.4, -0.2) is 41.7 Å². The third-order valence-electron chi connectivity index (χ3n) is 3.75. The first-order chi connectivity index (χ1) is 9.81. The monoisotopic (exact) mass is 277 g/mol. The van der Waals surface area contributed by atoms with Gasteiger partial charge in [0.1, 0.15) is 6.61 Å². The molecule has 0 aliphatic carbocycles. The summed E-state index contributed by atoms with van der Waals surface area (Å²) in [4.78, 5) is 14.0. The van der Waals surface area contributed by atoms with Crippen molar-refractivity contribution >= 4 is 5.91 Å². The molecule has 1 amide bonds. The summed E-state index contributed by atoms with van der Waals surface area (Å²) in [5.41, 5.74) is 1.06. The summed E-state index contributed by atoms with van der Waals surface area (Å²) in [6, 6.07) is 9.79. The summed E-state index contributed by atoms with van der Waals surface area (Å²) >= 11 is 0. The van der Waals surface area contributed by atoms with E-state index in [0.717, 1.165) is 37.8 Å². The molecule has 1 unspecified atom stereocenters. The average molecular weight is 277 g/mol. The lowest BCUT2D eigenvalue weighted by Crippen LogP contribution is -2.43. The SMILES string of the molecule is O=C(COCc1ccccc1)N1CCCCCC1CO. The molecule has 1 saturated heterocycles. The molecular weight excluding hydrogens is 254 g/mol. The van der Waals surface area contributed by atoms with Crippen LogP contribution in [0.25, 0.3) is 0 Å². The maximum absolute atomic E-state index is 12.2. The number of ether oxygens (including phenoxy) is 1. The topological polar surface area (TPSA) is 49.8 Å². The summed E-state index contributed by atoms with van der Waals surface area (Å²) in [5, 5.41) is 9.40. The molecule has 0 aromatic heterocycles. The number of likely N-dealkylation sites (tertiary alicyclic amines) is 1. The predicted octanol–water partition coefficient (Wildman–Crippen LogP) is 1.97. The van der Waals surface area contributed by atoms with Crippen molar-refractivity contribution in [2.75, 3.05) is 19.8 Å². The number of carbonyl (C=O) groups excluding carboxylic acids is 1. The first kappa shape index (κ1) is 15.0. The molecule has 1 aliphatic heterocycles. The molecule has 0 bridgehead atoms. The zero-order valence-corrected chi connectivity index (χ0v) is 11.8. The van der Waals surface area contributed by atoms with Crippen molar-refractivity contribution in [1.82, 2.24) is 4.90 Å². The first-order valence-electron chi connectivity index (χ1n) is 7.33. The van der Waals surface area contributed by atoms with Crippen molar-refractivity contribution in [3.8, 4) is 0 Å². The molecule has 0 saturated carbocycles. The lowest BCUT2D eigenvalue weighted by molar-refractivity contribution is -0.139. The summed E-state index contributed by atoms with van der Waals surface area (Å²) in [6.45, 7) is 1.32. The highest BCUT2D eigenvalue weighted by atomic mass is 16.5. The molecule has 1 fully saturated rings. The highest BCUT2D eigenvalue weighted by Crippen LogP contribution is 2.16. The molecule has 1 atom stereocenters. The number of nitrogens with zero attached hydrogens (tertiary/aromatic N) is 1. The number of amides is 1. The van der Waals surface area contributed by atoms with E-state index in [-0.39, 0.29) is 25.2 Å². The van der Waals surface area contributed by atoms with Crippen LogP contribution in [-0.2, 0) is 16.1 Å². The second kappa shape index (κ2) is 8.02. The summed E-state index contributed by atoms with van der Waals surface area (Å²) < 4.78 is 5.50. The quantitative estimate of drug-likeness (QED) is 0.895. The van der Waals surface area contributed by atoms with E-state index in [1.165, 1.54) is 0 Å². The fraction of sp³-hybridized carbons (Fsp3) is 0.562. The molecule has 110 valence electrons. The Morgan fingerprint density at radius 3 is 2.80 bits per heavy atom. The highest BCUT2D eigenvalue weighted by Gasteiger charge is 2.24. The van der Waals surface area contributed by atoms with E-state index in [1.54, 1.807) is 4.90 Å². The lowest BCUT2D eigenvalue weighted by atomic mass is 10.1. The predicted molar refractivity (Wildman–Crippen MR) is 77.2 cm³/mol. The van der Waals surface area contributed by atoms with Gasteiger partial charge in [-0.3, -0.25) is 4.79 Å². The van der Waals surface area contributed by atoms with E-state index >= 15 is 0 Å². The minimum atomic E-state index is -0.0367. The van der Waals surface area contributed by atoms with Crippen LogP contribution in [0.2, 0.25) is 0 Å². The number of hydrogen-bond donors (Lipinski definition) is 1. The fourth-order valence-electron chi connectivity index (χ4n) is 2.61. The van der Waals surface area contributed by atoms with Crippen LogP contribution in [0.3, 0.4) is 0 Å². The van der Waals surface area contributed by atoms with E-state index in [2.05, 4.69) is 0 Å². The van der Waals surface area contributed by atoms with Crippen molar-refractivity contribution in [3.63, 3.8) is 0 Å². The number of carbonyl (C=O) groups is 1. The van der Waals surface area contributed by atoms with E-state index < -0.39 is 0 Å². The first-order valence-corrected chi connectivity index (χ1v) is 7.33. The number of aliphatic hydroxyl groups excluding tert-OH is 1. The van der Waals surface area contributed by atoms with Crippen LogP contribution >= 0.6 is 0 Å². The van der Waals surface area contributed by atoms with Gasteiger partial charge in [-0.1, -0.05) is 43.2 Å². The molecule has 1 aromatic rings. The third-order valence-corrected chi connectivity index (χ3v) is 3.75. The second-order valence-electron chi connectivity index (χ2n) is 5.25. The Bertz CT molecular complexity index is 407. The zero-order chi connectivity index (χ0) is 14.2. The largest absolute Gasteiger partial charge is 0.394 e. The van der Waals surface area contributed by atoms with E-state index in [0.29, 0.717) is 6.61 Å². The van der Waals surface area contributed by atoms with Gasteiger partial charge in [0.05, 0.1) is 19.3 Å². The molecule has 2 rings (SSSR count). The summed E-state index contributed by atoms with van der Waals surface area (Å²) in [7, 11) is 0. The van der Waals surface area contributed by atoms with Gasteiger partial charge in [0.2, 0.25) is 5.91 Å². The minimum absolute atomic E-state index is 0.0121. The minimum Gasteiger partial charge on any atom is -0.394 e. The summed E-state index contributed by atoms with van der Waals surface area (Å²) in [5.74, 6) is -0.0121. The molecule has 1 N–H and O–H groups in total. The van der Waals surface area contributed by atoms with Crippen LogP contribution in [0, 0.1) is 0 Å². The van der Waals surface area contributed by atoms with Crippen molar-refractivity contribution in [1.29, 1.82) is 0 Å². The van der Waals surface area contributed by atoms with Crippen molar-refractivity contribution in [2.24, 2.45) is 0 Å². The highest BCUT2D eigenvalue weighted by molar-refractivity contribution is 5.77. The van der Waals surface area contributed by atoms with Gasteiger partial charge in [-0.05, 0) is 18.4 Å². The Hall–Kier alpha value is -1.39. The number of benzene rings is 1. The van der Waals surface area contributed by atoms with Gasteiger partial charge in [0, 0.05) is 6.54 Å². The standard InChI is InChI=1S/C16H23NO3/c18-11-15-9-5-2-6-10-17(15)16(19)13-20-12-14-7-3-1-4-8-14/h1,3-4,7-8,15,18H,2,5-6,9-13H2. The second-order valence-corrected chi connectivity index (χ2v) is 5.25. The van der Waals surface area contributed by atoms with Crippen LogP contribution in [0.5, 0.6) is 0 Å². The molecule has 4 heteroatoms. The van der Waals surface area contributed by atoms with Gasteiger partial charge in [0.25, 0.3) is 0 Å². The van der Waals surface area contributed by atoms with E-state index in [1.807, 2.05) is 30.3 Å². The van der Waals surface area contributed by atoms with Crippen LogP contribution < -0.4 is 0 Å². The summed E-state index contributed by atoms with van der Waals surface area (Å²) in [6.07, 6.45) is 4.12. The maximum Gasteiger partial charge on any atom is 0.248 e. The van der Waals surface area contributed by atoms with Crippen LogP contribution in [0.4, 0.5) is 0 Å². The zero-order valence-electron chi connectivity index (χ0n) is 11.8. The molecule has 1 aliphatic rings. The normalized spacial score (nSPS) is 19.6. The van der Waals surface area contributed by atoms with Gasteiger partial charge >= 0.3 is 0 Å². The van der Waals surface area contributed by atoms with Crippen molar-refractivity contribution in [3.05, 3.63) is 35.9 Å². The van der Waals surface area contributed by atoms with Crippen molar-refractivity contribution < 1.29 is 14.6 Å². The Labute approximate surface area is 120 Å². The van der Waals surface area contributed by atoms with E-state index in [4.69, 9.17) is 4.74 Å². The molecule has 0 spiro atoms. The number of rotatable bonds is 5. The smallest absolute Gasteiger partial charge is 0.248 e. The number of hydrogen-bond acceptors (Lipinski definition) is 3. The average Bonchev–Trinajstić information content (AvgIpc) is 2.73. The van der Waals surface area contributed by atoms with Gasteiger partial charge in [-0.25, -0.2) is 0 Å². The van der Waals surface area contributed by atoms with Gasteiger partial charge < -0.3 is 14.7 Å². The van der Waals surface area contributed by atoms with Crippen LogP contribution in [0.15, 0.2) is 30.3 Å². The van der Waals surface area contributed by atoms with Crippen molar-refractivity contribution in [2.45, 2.75) is 38.3 Å². The third kappa shape index (κ3) is 4.32. The Balaban J connectivity index is 1.80. The van der Waals surface area contributed by atoms with Gasteiger partial charge in [-0.15, -0.1) is 0 Å². The van der Waals surface area contributed by atoms with Crippen LogP contribution in [0.1, 0.15) is 31.2 Å². The molecule has 1 heterocycles. The Morgan fingerprint density at radius 1 is 1.25 bits per heavy atom. The molecule has 1 aromatic carbocycles. The Morgan fingerprint density at radius 2 is 2.05 bits per heavy atom. The maximum atomic E-state index is 12.2. The molecule has 4 nitrogen and oxygen atoms in total. The molecule has 20 heavy (non-hydrogen) atoms. The fourth-order valence-corrected chi connectivity index (χ4v) is 2.61. The lowest BCUT2D eigenvalue weighted by Gasteiger charge is -2.28. The van der Waals surface area contributed by atoms with Gasteiger partial charge in [-0.2, -0.15) is 0 Å². The molecular formula is C16H23NO3. The number of aliphatic hydroxyl groups is 1.